The van der Waals surface area contributed by atoms with E-state index in [0.29, 0.717) is 6.42 Å². The third-order valence-corrected chi connectivity index (χ3v) is 3.02. The zero-order valence-electron chi connectivity index (χ0n) is 10.3. The minimum atomic E-state index is -2.81. The smallest absolute Gasteiger partial charge is 0.257 e. The molecule has 0 bridgehead atoms. The summed E-state index contributed by atoms with van der Waals surface area (Å²) in [6.45, 7) is 3.75. The first-order valence-corrected chi connectivity index (χ1v) is 6.80. The first-order chi connectivity index (χ1) is 8.48. The molecule has 1 aliphatic heterocycles. The lowest BCUT2D eigenvalue weighted by atomic mass is 10.0. The molecule has 1 aromatic carbocycles. The average molecular weight is 272 g/mol. The largest absolute Gasteiger partial charge is 0.463 e. The highest BCUT2D eigenvalue weighted by atomic mass is 32.2. The van der Waals surface area contributed by atoms with E-state index in [1.165, 1.54) is 0 Å². The Labute approximate surface area is 108 Å². The summed E-state index contributed by atoms with van der Waals surface area (Å²) in [5.74, 6) is 0.0452. The second kappa shape index (κ2) is 5.26. The molecule has 0 saturated heterocycles. The van der Waals surface area contributed by atoms with E-state index in [-0.39, 0.29) is 12.7 Å². The van der Waals surface area contributed by atoms with Gasteiger partial charge < -0.3 is 9.47 Å². The molecule has 1 heterocycles. The number of rotatable bonds is 4. The van der Waals surface area contributed by atoms with Crippen LogP contribution < -0.4 is 4.74 Å². The zero-order chi connectivity index (χ0) is 13.2. The Balaban J connectivity index is 2.14. The minimum absolute atomic E-state index is 0.105. The molecule has 0 amide bonds. The molecule has 0 saturated carbocycles. The van der Waals surface area contributed by atoms with Gasteiger partial charge in [-0.15, -0.1) is 0 Å². The summed E-state index contributed by atoms with van der Waals surface area (Å²) in [7, 11) is -2.81. The van der Waals surface area contributed by atoms with Crippen LogP contribution in [0.2, 0.25) is 0 Å². The number of hydrogen-bond acceptors (Lipinski definition) is 5. The predicted octanol–water partition coefficient (Wildman–Crippen LogP) is 1.81. The summed E-state index contributed by atoms with van der Waals surface area (Å²) in [5.41, 5.74) is 0.918. The van der Waals surface area contributed by atoms with Crippen molar-refractivity contribution in [3.8, 4) is 5.75 Å². The van der Waals surface area contributed by atoms with Gasteiger partial charge >= 0.3 is 0 Å². The molecule has 5 nitrogen and oxygen atoms in total. The van der Waals surface area contributed by atoms with E-state index in [2.05, 4.69) is 4.18 Å². The molecule has 1 aliphatic rings. The summed E-state index contributed by atoms with van der Waals surface area (Å²) < 4.78 is 36.8. The van der Waals surface area contributed by atoms with Gasteiger partial charge in [0.2, 0.25) is 5.79 Å². The number of fused-ring (bicyclic) bond motifs is 1. The second-order valence-electron chi connectivity index (χ2n) is 4.49. The van der Waals surface area contributed by atoms with Gasteiger partial charge in [-0.05, 0) is 6.07 Å². The average Bonchev–Trinajstić information content (AvgIpc) is 2.27. The van der Waals surface area contributed by atoms with Gasteiger partial charge in [0.15, 0.2) is 0 Å². The van der Waals surface area contributed by atoms with Gasteiger partial charge in [0.25, 0.3) is 11.0 Å². The molecular formula is C12H16O5S. The molecule has 0 aliphatic carbocycles. The highest BCUT2D eigenvalue weighted by molar-refractivity contribution is 7.67. The van der Waals surface area contributed by atoms with E-state index < -0.39 is 16.8 Å². The third kappa shape index (κ3) is 3.22. The summed E-state index contributed by atoms with van der Waals surface area (Å²) >= 11 is 0. The molecule has 1 atom stereocenters. The molecule has 2 rings (SSSR count). The van der Waals surface area contributed by atoms with Crippen LogP contribution in [0, 0.1) is 0 Å². The van der Waals surface area contributed by atoms with Gasteiger partial charge in [0.05, 0.1) is 12.7 Å². The number of hydrogen-bond donors (Lipinski definition) is 1. The summed E-state index contributed by atoms with van der Waals surface area (Å²) in [4.78, 5) is 0. The Morgan fingerprint density at radius 3 is 2.78 bits per heavy atom. The quantitative estimate of drug-likeness (QED) is 0.847. The standard InChI is InChI=1S/C12H16O5S/c1-12(2)16-10-6-4-3-5-9(10)11(17-12)7-8-15-18(13)14/h3-6,11,18H,7-8H2,1-2H3. The maximum absolute atomic E-state index is 10.4. The maximum Gasteiger partial charge on any atom is 0.257 e. The lowest BCUT2D eigenvalue weighted by Gasteiger charge is -2.37. The van der Waals surface area contributed by atoms with Gasteiger partial charge in [-0.25, -0.2) is 8.42 Å². The van der Waals surface area contributed by atoms with Crippen LogP contribution in [0.3, 0.4) is 0 Å². The molecule has 0 fully saturated rings. The van der Waals surface area contributed by atoms with Gasteiger partial charge in [-0.2, -0.15) is 0 Å². The van der Waals surface area contributed by atoms with Gasteiger partial charge in [0, 0.05) is 25.8 Å². The number of para-hydroxylation sites is 1. The van der Waals surface area contributed by atoms with Gasteiger partial charge in [-0.1, -0.05) is 18.2 Å². The maximum atomic E-state index is 10.4. The van der Waals surface area contributed by atoms with Crippen LogP contribution in [0.1, 0.15) is 31.9 Å². The number of benzene rings is 1. The zero-order valence-corrected chi connectivity index (χ0v) is 11.2. The normalized spacial score (nSPS) is 21.4. The van der Waals surface area contributed by atoms with Crippen molar-refractivity contribution in [2.45, 2.75) is 32.2 Å². The van der Waals surface area contributed by atoms with E-state index >= 15 is 0 Å². The van der Waals surface area contributed by atoms with Crippen molar-refractivity contribution in [2.24, 2.45) is 0 Å². The molecule has 0 spiro atoms. The Morgan fingerprint density at radius 2 is 2.06 bits per heavy atom. The molecule has 1 aromatic rings. The monoisotopic (exact) mass is 272 g/mol. The fraction of sp³-hybridized carbons (Fsp3) is 0.500. The molecule has 100 valence electrons. The van der Waals surface area contributed by atoms with Crippen molar-refractivity contribution in [1.82, 2.24) is 0 Å². The summed E-state index contributed by atoms with van der Waals surface area (Å²) in [6, 6.07) is 7.57. The number of ether oxygens (including phenoxy) is 2. The van der Waals surface area contributed by atoms with E-state index in [1.54, 1.807) is 0 Å². The topological polar surface area (TPSA) is 61.8 Å². The molecule has 18 heavy (non-hydrogen) atoms. The molecule has 0 aromatic heterocycles. The van der Waals surface area contributed by atoms with Crippen LogP contribution >= 0.6 is 0 Å². The predicted molar refractivity (Wildman–Crippen MR) is 65.9 cm³/mol. The van der Waals surface area contributed by atoms with Crippen molar-refractivity contribution in [3.63, 3.8) is 0 Å². The molecular weight excluding hydrogens is 256 g/mol. The lowest BCUT2D eigenvalue weighted by molar-refractivity contribution is -0.209. The first kappa shape index (κ1) is 13.3. The molecule has 1 unspecified atom stereocenters. The van der Waals surface area contributed by atoms with Crippen LogP contribution in [0.15, 0.2) is 24.3 Å². The van der Waals surface area contributed by atoms with Crippen LogP contribution in [-0.4, -0.2) is 20.8 Å². The van der Waals surface area contributed by atoms with Crippen molar-refractivity contribution in [3.05, 3.63) is 29.8 Å². The van der Waals surface area contributed by atoms with Gasteiger partial charge in [0.1, 0.15) is 5.75 Å². The Hall–Kier alpha value is -1.11. The van der Waals surface area contributed by atoms with Gasteiger partial charge in [-0.3, -0.25) is 4.18 Å². The Morgan fingerprint density at radius 1 is 1.33 bits per heavy atom. The first-order valence-electron chi connectivity index (χ1n) is 5.71. The fourth-order valence-corrected chi connectivity index (χ4v) is 2.24. The molecule has 0 N–H and O–H groups in total. The van der Waals surface area contributed by atoms with Crippen molar-refractivity contribution < 1.29 is 22.1 Å². The number of thiol groups is 1. The van der Waals surface area contributed by atoms with Crippen LogP contribution in [-0.2, 0) is 19.9 Å². The van der Waals surface area contributed by atoms with Crippen molar-refractivity contribution in [1.29, 1.82) is 0 Å². The van der Waals surface area contributed by atoms with E-state index in [4.69, 9.17) is 9.47 Å². The highest BCUT2D eigenvalue weighted by Gasteiger charge is 2.33. The van der Waals surface area contributed by atoms with E-state index in [9.17, 15) is 8.42 Å². The summed E-state index contributed by atoms with van der Waals surface area (Å²) in [5, 5.41) is 0. The Bertz CT molecular complexity index is 487. The Kier molecular flexibility index (Phi) is 3.89. The highest BCUT2D eigenvalue weighted by Crippen LogP contribution is 2.39. The second-order valence-corrected chi connectivity index (χ2v) is 5.20. The van der Waals surface area contributed by atoms with Crippen LogP contribution in [0.5, 0.6) is 5.75 Å². The van der Waals surface area contributed by atoms with E-state index in [0.717, 1.165) is 11.3 Å². The van der Waals surface area contributed by atoms with Crippen LogP contribution in [0.25, 0.3) is 0 Å². The third-order valence-electron chi connectivity index (χ3n) is 2.62. The van der Waals surface area contributed by atoms with Crippen molar-refractivity contribution >= 4 is 11.0 Å². The van der Waals surface area contributed by atoms with Crippen molar-refractivity contribution in [2.75, 3.05) is 6.61 Å². The molecule has 0 radical (unpaired) electrons. The minimum Gasteiger partial charge on any atom is -0.463 e. The lowest BCUT2D eigenvalue weighted by Crippen LogP contribution is -2.38. The fourth-order valence-electron chi connectivity index (χ4n) is 1.98. The van der Waals surface area contributed by atoms with E-state index in [1.807, 2.05) is 38.1 Å². The molecule has 6 heteroatoms. The van der Waals surface area contributed by atoms with Crippen LogP contribution in [0.4, 0.5) is 0 Å². The SMILES string of the molecule is CC1(C)Oc2ccccc2C(CCO[SH](=O)=O)O1. The summed E-state index contributed by atoms with van der Waals surface area (Å²) in [6.07, 6.45) is 0.243.